The monoisotopic (exact) mass is 143 g/mol. The molecule has 2 heteroatoms. The van der Waals surface area contributed by atoms with Crippen LogP contribution in [0.2, 0.25) is 6.82 Å². The maximum atomic E-state index is 4.50. The second kappa shape index (κ2) is 3.86. The summed E-state index contributed by atoms with van der Waals surface area (Å²) in [5.74, 6) is 0. The first kappa shape index (κ1) is 7.93. The highest BCUT2D eigenvalue weighted by Gasteiger charge is 1.86. The number of aromatic amines is 1. The summed E-state index contributed by atoms with van der Waals surface area (Å²) in [5.41, 5.74) is 1.21. The van der Waals surface area contributed by atoms with Gasteiger partial charge < -0.3 is 4.98 Å². The van der Waals surface area contributed by atoms with Crippen LogP contribution in [-0.2, 0) is 0 Å². The van der Waals surface area contributed by atoms with Crippen molar-refractivity contribution in [1.29, 1.82) is 0 Å². The number of benzene rings is 1. The normalized spacial score (nSPS) is 8.82. The van der Waals surface area contributed by atoms with Gasteiger partial charge in [0.1, 0.15) is 0 Å². The molecule has 2 radical (unpaired) electrons. The van der Waals surface area contributed by atoms with Gasteiger partial charge in [0.05, 0.1) is 7.85 Å². The van der Waals surface area contributed by atoms with E-state index in [2.05, 4.69) is 31.0 Å². The van der Waals surface area contributed by atoms with Crippen molar-refractivity contribution in [1.82, 2.24) is 4.98 Å². The summed E-state index contributed by atoms with van der Waals surface area (Å²) in [5, 5.41) is 1.28. The summed E-state index contributed by atoms with van der Waals surface area (Å²) in [6, 6.07) is 10.3. The molecule has 0 aliphatic heterocycles. The van der Waals surface area contributed by atoms with Gasteiger partial charge in [-0.2, -0.15) is 0 Å². The number of H-pyrrole nitrogens is 1. The molecule has 1 aromatic carbocycles. The Kier molecular flexibility index (Phi) is 2.78. The van der Waals surface area contributed by atoms with E-state index in [1.807, 2.05) is 18.3 Å². The van der Waals surface area contributed by atoms with Crippen LogP contribution in [0.5, 0.6) is 0 Å². The molecule has 1 N–H and O–H groups in total. The molecule has 0 saturated heterocycles. The van der Waals surface area contributed by atoms with Crippen molar-refractivity contribution < 1.29 is 0 Å². The first-order valence-corrected chi connectivity index (χ1v) is 3.57. The molecule has 11 heavy (non-hydrogen) atoms. The van der Waals surface area contributed by atoms with Crippen LogP contribution in [0.3, 0.4) is 0 Å². The van der Waals surface area contributed by atoms with E-state index in [0.29, 0.717) is 0 Å². The van der Waals surface area contributed by atoms with Crippen LogP contribution in [0.1, 0.15) is 0 Å². The van der Waals surface area contributed by atoms with Crippen molar-refractivity contribution in [3.63, 3.8) is 0 Å². The fourth-order valence-corrected chi connectivity index (χ4v) is 0.995. The SMILES string of the molecule is [B]C.c1ccc2[nH]ccc2c1. The highest BCUT2D eigenvalue weighted by Crippen LogP contribution is 2.09. The summed E-state index contributed by atoms with van der Waals surface area (Å²) in [7, 11) is 4.50. The summed E-state index contributed by atoms with van der Waals surface area (Å²) < 4.78 is 0. The molecular formula is C9H10BN. The van der Waals surface area contributed by atoms with Crippen LogP contribution in [-0.4, -0.2) is 12.8 Å². The molecule has 2 aromatic rings. The molecule has 0 amide bonds. The molecule has 2 rings (SSSR count). The van der Waals surface area contributed by atoms with Gasteiger partial charge in [0.25, 0.3) is 0 Å². The summed E-state index contributed by atoms with van der Waals surface area (Å²) >= 11 is 0. The quantitative estimate of drug-likeness (QED) is 0.545. The first-order valence-electron chi connectivity index (χ1n) is 3.57. The number of fused-ring (bicyclic) bond motifs is 1. The lowest BCUT2D eigenvalue weighted by molar-refractivity contribution is 1.48. The zero-order valence-electron chi connectivity index (χ0n) is 6.54. The second-order valence-corrected chi connectivity index (χ2v) is 2.06. The molecule has 0 bridgehead atoms. The van der Waals surface area contributed by atoms with Crippen LogP contribution in [0.15, 0.2) is 36.5 Å². The zero-order valence-corrected chi connectivity index (χ0v) is 6.54. The zero-order chi connectivity index (χ0) is 8.10. The van der Waals surface area contributed by atoms with Gasteiger partial charge in [-0.25, -0.2) is 0 Å². The van der Waals surface area contributed by atoms with Gasteiger partial charge >= 0.3 is 0 Å². The maximum Gasteiger partial charge on any atom is 0.0606 e. The molecule has 0 aliphatic carbocycles. The van der Waals surface area contributed by atoms with Gasteiger partial charge in [0, 0.05) is 11.7 Å². The number of aromatic nitrogens is 1. The largest absolute Gasteiger partial charge is 0.361 e. The number of hydrogen-bond acceptors (Lipinski definition) is 0. The Morgan fingerprint density at radius 2 is 1.82 bits per heavy atom. The minimum absolute atomic E-state index is 1.21. The minimum Gasteiger partial charge on any atom is -0.361 e. The van der Waals surface area contributed by atoms with E-state index in [1.165, 1.54) is 17.7 Å². The average Bonchev–Trinajstić information content (AvgIpc) is 2.55. The molecule has 1 heterocycles. The molecule has 1 aromatic heterocycles. The lowest BCUT2D eigenvalue weighted by Crippen LogP contribution is -1.61. The Labute approximate surface area is 67.8 Å². The van der Waals surface area contributed by atoms with Crippen LogP contribution in [0.25, 0.3) is 10.9 Å². The van der Waals surface area contributed by atoms with E-state index in [9.17, 15) is 0 Å². The molecule has 0 saturated carbocycles. The van der Waals surface area contributed by atoms with Crippen molar-refractivity contribution in [2.24, 2.45) is 0 Å². The average molecular weight is 143 g/mol. The molecule has 0 atom stereocenters. The Hall–Kier alpha value is -1.18. The van der Waals surface area contributed by atoms with Gasteiger partial charge in [0.15, 0.2) is 0 Å². The van der Waals surface area contributed by atoms with Crippen LogP contribution >= 0.6 is 0 Å². The van der Waals surface area contributed by atoms with E-state index in [4.69, 9.17) is 0 Å². The predicted molar refractivity (Wildman–Crippen MR) is 49.9 cm³/mol. The Morgan fingerprint density at radius 3 is 2.55 bits per heavy atom. The Bertz CT molecular complexity index is 284. The lowest BCUT2D eigenvalue weighted by atomic mass is 10.2. The van der Waals surface area contributed by atoms with Crippen LogP contribution in [0.4, 0.5) is 0 Å². The van der Waals surface area contributed by atoms with Crippen molar-refractivity contribution >= 4 is 18.7 Å². The van der Waals surface area contributed by atoms with E-state index < -0.39 is 0 Å². The number of rotatable bonds is 0. The Morgan fingerprint density at radius 1 is 1.09 bits per heavy atom. The van der Waals surface area contributed by atoms with Gasteiger partial charge in [-0.1, -0.05) is 25.0 Å². The highest BCUT2D eigenvalue weighted by molar-refractivity contribution is 6.05. The van der Waals surface area contributed by atoms with E-state index in [1.54, 1.807) is 0 Å². The molecule has 0 fully saturated rings. The lowest BCUT2D eigenvalue weighted by Gasteiger charge is -1.83. The fourth-order valence-electron chi connectivity index (χ4n) is 0.995. The third-order valence-corrected chi connectivity index (χ3v) is 1.46. The van der Waals surface area contributed by atoms with Crippen LogP contribution < -0.4 is 0 Å². The van der Waals surface area contributed by atoms with Crippen molar-refractivity contribution in [2.45, 2.75) is 6.82 Å². The third kappa shape index (κ3) is 1.64. The topological polar surface area (TPSA) is 15.8 Å². The predicted octanol–water partition coefficient (Wildman–Crippen LogP) is 2.37. The highest BCUT2D eigenvalue weighted by atomic mass is 14.6. The number of hydrogen-bond donors (Lipinski definition) is 1. The first-order chi connectivity index (χ1) is 5.47. The summed E-state index contributed by atoms with van der Waals surface area (Å²) in [4.78, 5) is 3.12. The van der Waals surface area contributed by atoms with Crippen molar-refractivity contribution in [3.05, 3.63) is 36.5 Å². The third-order valence-electron chi connectivity index (χ3n) is 1.46. The number of nitrogens with one attached hydrogen (secondary N) is 1. The van der Waals surface area contributed by atoms with Gasteiger partial charge in [0.2, 0.25) is 0 Å². The standard InChI is InChI=1S/C8H7N.CH3B/c1-2-4-8-7(3-1)5-6-9-8;1-2/h1-6,9H;1H3. The molecule has 0 unspecified atom stereocenters. The molecule has 0 spiro atoms. The van der Waals surface area contributed by atoms with E-state index in [-0.39, 0.29) is 0 Å². The smallest absolute Gasteiger partial charge is 0.0606 e. The summed E-state index contributed by atoms with van der Waals surface area (Å²) in [6.45, 7) is 1.50. The van der Waals surface area contributed by atoms with Gasteiger partial charge in [-0.05, 0) is 17.5 Å². The molecule has 54 valence electrons. The Balaban J connectivity index is 0.000000281. The van der Waals surface area contributed by atoms with E-state index in [0.717, 1.165) is 0 Å². The van der Waals surface area contributed by atoms with Crippen molar-refractivity contribution in [3.8, 4) is 0 Å². The van der Waals surface area contributed by atoms with Crippen molar-refractivity contribution in [2.75, 3.05) is 0 Å². The molecule has 1 nitrogen and oxygen atoms in total. The minimum atomic E-state index is 1.21. The fraction of sp³-hybridized carbons (Fsp3) is 0.111. The molecule has 0 aliphatic rings. The molecular weight excluding hydrogens is 133 g/mol. The summed E-state index contributed by atoms with van der Waals surface area (Å²) in [6.07, 6.45) is 1.95. The van der Waals surface area contributed by atoms with Gasteiger partial charge in [-0.3, -0.25) is 0 Å². The maximum absolute atomic E-state index is 4.50. The number of para-hydroxylation sites is 1. The van der Waals surface area contributed by atoms with Gasteiger partial charge in [-0.15, -0.1) is 0 Å². The van der Waals surface area contributed by atoms with Crippen LogP contribution in [0, 0.1) is 0 Å². The van der Waals surface area contributed by atoms with E-state index >= 15 is 0 Å². The second-order valence-electron chi connectivity index (χ2n) is 2.06.